The number of hydrogen-bond donors (Lipinski definition) is 3. The Labute approximate surface area is 86.8 Å². The second-order valence-corrected chi connectivity index (χ2v) is 3.70. The summed E-state index contributed by atoms with van der Waals surface area (Å²) in [5, 5.41) is 8.83. The lowest BCUT2D eigenvalue weighted by atomic mass is 10.2. The van der Waals surface area contributed by atoms with Gasteiger partial charge in [-0.1, -0.05) is 0 Å². The largest absolute Gasteiger partial charge is 0.477 e. The Kier molecular flexibility index (Phi) is 3.43. The molecule has 6 heteroatoms. The van der Waals surface area contributed by atoms with Gasteiger partial charge in [-0.15, -0.1) is 0 Å². The number of aromatic nitrogens is 2. The Morgan fingerprint density at radius 2 is 2.14 bits per heavy atom. The van der Waals surface area contributed by atoms with Crippen molar-refractivity contribution in [2.75, 3.05) is 20.6 Å². The third kappa shape index (κ3) is 2.68. The van der Waals surface area contributed by atoms with Gasteiger partial charge in [0.25, 0.3) is 0 Å². The molecule has 5 nitrogen and oxygen atoms in total. The SMILES string of the molecule is CN(C)CCc1[nH]c(=S)[nH]c1C(=O)O. The predicted octanol–water partition coefficient (Wildman–Crippen LogP) is 0.875. The van der Waals surface area contributed by atoms with E-state index >= 15 is 0 Å². The molecule has 0 spiro atoms. The summed E-state index contributed by atoms with van der Waals surface area (Å²) in [5.74, 6) is -0.980. The van der Waals surface area contributed by atoms with Gasteiger partial charge in [-0.05, 0) is 26.3 Å². The molecule has 0 amide bonds. The van der Waals surface area contributed by atoms with E-state index in [2.05, 4.69) is 9.97 Å². The van der Waals surface area contributed by atoms with Crippen molar-refractivity contribution in [1.29, 1.82) is 0 Å². The maximum atomic E-state index is 10.8. The molecule has 14 heavy (non-hydrogen) atoms. The Morgan fingerprint density at radius 1 is 1.50 bits per heavy atom. The number of carboxylic acid groups (broad SMARTS) is 1. The molecule has 1 heterocycles. The zero-order valence-electron chi connectivity index (χ0n) is 8.13. The zero-order chi connectivity index (χ0) is 10.7. The van der Waals surface area contributed by atoms with Crippen LogP contribution in [-0.4, -0.2) is 46.6 Å². The first-order chi connectivity index (χ1) is 6.50. The van der Waals surface area contributed by atoms with Crippen LogP contribution in [0.2, 0.25) is 0 Å². The molecule has 3 N–H and O–H groups in total. The van der Waals surface area contributed by atoms with Crippen LogP contribution in [-0.2, 0) is 6.42 Å². The first-order valence-electron chi connectivity index (χ1n) is 4.20. The van der Waals surface area contributed by atoms with E-state index in [1.54, 1.807) is 0 Å². The van der Waals surface area contributed by atoms with Gasteiger partial charge in [-0.3, -0.25) is 0 Å². The minimum Gasteiger partial charge on any atom is -0.477 e. The quantitative estimate of drug-likeness (QED) is 0.652. The minimum atomic E-state index is -0.980. The number of H-pyrrole nitrogens is 2. The van der Waals surface area contributed by atoms with E-state index in [9.17, 15) is 4.79 Å². The highest BCUT2D eigenvalue weighted by Gasteiger charge is 2.12. The predicted molar refractivity (Wildman–Crippen MR) is 55.2 cm³/mol. The number of likely N-dealkylation sites (N-methyl/N-ethyl adjacent to an activating group) is 1. The topological polar surface area (TPSA) is 72.1 Å². The summed E-state index contributed by atoms with van der Waals surface area (Å²) in [5.41, 5.74) is 0.813. The monoisotopic (exact) mass is 215 g/mol. The van der Waals surface area contributed by atoms with Gasteiger partial charge < -0.3 is 20.0 Å². The molecular formula is C8H13N3O2S. The highest BCUT2D eigenvalue weighted by Crippen LogP contribution is 2.05. The molecule has 0 unspecified atom stereocenters. The van der Waals surface area contributed by atoms with Crippen LogP contribution in [0.4, 0.5) is 0 Å². The van der Waals surface area contributed by atoms with E-state index < -0.39 is 5.97 Å². The summed E-state index contributed by atoms with van der Waals surface area (Å²) in [6.45, 7) is 0.781. The van der Waals surface area contributed by atoms with E-state index in [0.717, 1.165) is 6.54 Å². The maximum absolute atomic E-state index is 10.8. The number of imidazole rings is 1. The molecule has 0 fully saturated rings. The maximum Gasteiger partial charge on any atom is 0.354 e. The third-order valence-electron chi connectivity index (χ3n) is 1.83. The van der Waals surface area contributed by atoms with E-state index in [4.69, 9.17) is 17.3 Å². The van der Waals surface area contributed by atoms with Crippen LogP contribution in [0.1, 0.15) is 16.2 Å². The molecule has 1 aromatic rings. The second kappa shape index (κ2) is 4.39. The summed E-state index contributed by atoms with van der Waals surface area (Å²) in [7, 11) is 3.86. The van der Waals surface area contributed by atoms with Gasteiger partial charge in [0, 0.05) is 18.7 Å². The fourth-order valence-corrected chi connectivity index (χ4v) is 1.35. The molecule has 0 atom stereocenters. The standard InChI is InChI=1S/C8H13N3O2S/c1-11(2)4-3-5-6(7(12)13)10-8(14)9-5/h3-4H2,1-2H3,(H,12,13)(H2,9,10,14). The number of nitrogens with one attached hydrogen (secondary N) is 2. The lowest BCUT2D eigenvalue weighted by molar-refractivity contribution is 0.0689. The van der Waals surface area contributed by atoms with Crippen molar-refractivity contribution in [1.82, 2.24) is 14.9 Å². The molecule has 0 aliphatic rings. The van der Waals surface area contributed by atoms with Crippen LogP contribution >= 0.6 is 12.2 Å². The lowest BCUT2D eigenvalue weighted by Gasteiger charge is -2.07. The fourth-order valence-electron chi connectivity index (χ4n) is 1.13. The minimum absolute atomic E-state index is 0.164. The van der Waals surface area contributed by atoms with Crippen molar-refractivity contribution in [2.24, 2.45) is 0 Å². The number of carbonyl (C=O) groups is 1. The number of carboxylic acids is 1. The van der Waals surface area contributed by atoms with E-state index in [-0.39, 0.29) is 5.69 Å². The normalized spacial score (nSPS) is 10.8. The fraction of sp³-hybridized carbons (Fsp3) is 0.500. The van der Waals surface area contributed by atoms with E-state index in [1.165, 1.54) is 0 Å². The van der Waals surface area contributed by atoms with Crippen molar-refractivity contribution in [3.05, 3.63) is 16.2 Å². The molecule has 78 valence electrons. The third-order valence-corrected chi connectivity index (χ3v) is 2.03. The summed E-state index contributed by atoms with van der Waals surface area (Å²) in [6.07, 6.45) is 0.641. The van der Waals surface area contributed by atoms with Crippen LogP contribution in [0.15, 0.2) is 0 Å². The van der Waals surface area contributed by atoms with Crippen LogP contribution in [0.5, 0.6) is 0 Å². The summed E-state index contributed by atoms with van der Waals surface area (Å²) >= 11 is 4.83. The van der Waals surface area contributed by atoms with Crippen LogP contribution in [0.3, 0.4) is 0 Å². The van der Waals surface area contributed by atoms with E-state index in [0.29, 0.717) is 16.9 Å². The van der Waals surface area contributed by atoms with Crippen molar-refractivity contribution >= 4 is 18.2 Å². The number of hydrogen-bond acceptors (Lipinski definition) is 3. The van der Waals surface area contributed by atoms with Gasteiger partial charge in [0.1, 0.15) is 5.69 Å². The van der Waals surface area contributed by atoms with Crippen LogP contribution in [0.25, 0.3) is 0 Å². The summed E-state index contributed by atoms with van der Waals surface area (Å²) < 4.78 is 0.358. The number of aromatic amines is 2. The molecular weight excluding hydrogens is 202 g/mol. The smallest absolute Gasteiger partial charge is 0.354 e. The second-order valence-electron chi connectivity index (χ2n) is 3.29. The zero-order valence-corrected chi connectivity index (χ0v) is 8.94. The molecule has 0 saturated carbocycles. The van der Waals surface area contributed by atoms with Gasteiger partial charge in [-0.2, -0.15) is 0 Å². The lowest BCUT2D eigenvalue weighted by Crippen LogP contribution is -2.16. The number of rotatable bonds is 4. The average Bonchev–Trinajstić information content (AvgIpc) is 2.43. The molecule has 0 aromatic carbocycles. The average molecular weight is 215 g/mol. The highest BCUT2D eigenvalue weighted by molar-refractivity contribution is 7.71. The number of aromatic carboxylic acids is 1. The molecule has 0 aliphatic carbocycles. The van der Waals surface area contributed by atoms with E-state index in [1.807, 2.05) is 19.0 Å². The van der Waals surface area contributed by atoms with Gasteiger partial charge in [-0.25, -0.2) is 4.79 Å². The number of nitrogens with zero attached hydrogens (tertiary/aromatic N) is 1. The summed E-state index contributed by atoms with van der Waals surface area (Å²) in [6, 6.07) is 0. The summed E-state index contributed by atoms with van der Waals surface area (Å²) in [4.78, 5) is 18.2. The van der Waals surface area contributed by atoms with Gasteiger partial charge in [0.15, 0.2) is 4.77 Å². The van der Waals surface area contributed by atoms with Crippen molar-refractivity contribution in [2.45, 2.75) is 6.42 Å². The van der Waals surface area contributed by atoms with Gasteiger partial charge in [0.05, 0.1) is 0 Å². The Balaban J connectivity index is 2.85. The Morgan fingerprint density at radius 3 is 2.64 bits per heavy atom. The van der Waals surface area contributed by atoms with Crippen LogP contribution in [0, 0.1) is 4.77 Å². The Hall–Kier alpha value is -1.14. The molecule has 1 rings (SSSR count). The molecule has 0 radical (unpaired) electrons. The molecule has 0 aliphatic heterocycles. The molecule has 0 saturated heterocycles. The first kappa shape index (κ1) is 10.9. The Bertz CT molecular complexity index is 380. The molecule has 0 bridgehead atoms. The molecule has 1 aromatic heterocycles. The van der Waals surface area contributed by atoms with Crippen LogP contribution < -0.4 is 0 Å². The van der Waals surface area contributed by atoms with Gasteiger partial charge >= 0.3 is 5.97 Å². The van der Waals surface area contributed by atoms with Crippen molar-refractivity contribution < 1.29 is 9.90 Å². The highest BCUT2D eigenvalue weighted by atomic mass is 32.1. The first-order valence-corrected chi connectivity index (χ1v) is 4.60. The van der Waals surface area contributed by atoms with Gasteiger partial charge in [0.2, 0.25) is 0 Å². The van der Waals surface area contributed by atoms with Crippen molar-refractivity contribution in [3.8, 4) is 0 Å². The van der Waals surface area contributed by atoms with Crippen molar-refractivity contribution in [3.63, 3.8) is 0 Å².